The molecule has 7 N–H and O–H groups in total. The van der Waals surface area contributed by atoms with E-state index in [1.165, 1.54) is 18.2 Å². The number of nitrogens with zero attached hydrogens (tertiary/aromatic N) is 6. The van der Waals surface area contributed by atoms with Gasteiger partial charge in [0.25, 0.3) is 20.2 Å². The van der Waals surface area contributed by atoms with Gasteiger partial charge < -0.3 is 20.5 Å². The zero-order valence-corrected chi connectivity index (χ0v) is 30.8. The van der Waals surface area contributed by atoms with Crippen LogP contribution in [0.4, 0.5) is 33.3 Å². The number of hydrogen-bond acceptors (Lipinski definition) is 20. The number of aromatic hydroxyl groups is 1. The minimum Gasteiger partial charge on any atom is -0.504 e. The number of amidine groups is 1. The number of ether oxygens (including phenoxy) is 1. The van der Waals surface area contributed by atoms with Crippen molar-refractivity contribution in [1.29, 1.82) is 0 Å². The maximum absolute atomic E-state index is 14.3. The molecule has 0 saturated carbocycles. The number of halogens is 1. The molecule has 1 heterocycles. The molecule has 3 aromatic carbocycles. The van der Waals surface area contributed by atoms with Crippen molar-refractivity contribution < 1.29 is 63.2 Å². The lowest BCUT2D eigenvalue weighted by Crippen LogP contribution is -2.16. The van der Waals surface area contributed by atoms with Crippen molar-refractivity contribution in [3.63, 3.8) is 0 Å². The number of rotatable bonds is 19. The Labute approximate surface area is 315 Å². The largest absolute Gasteiger partial charge is 0.504 e. The summed E-state index contributed by atoms with van der Waals surface area (Å²) in [5.41, 5.74) is 1.31. The molecule has 4 rings (SSSR count). The minimum absolute atomic E-state index is 0.00972. The van der Waals surface area contributed by atoms with Gasteiger partial charge in [-0.25, -0.2) is 13.7 Å². The molecule has 0 saturated heterocycles. The van der Waals surface area contributed by atoms with Crippen LogP contribution in [0.5, 0.6) is 5.75 Å². The Bertz CT molecular complexity index is 2410. The number of anilines is 4. The number of azo groups is 1. The smallest absolute Gasteiger partial charge is 0.315 e. The highest BCUT2D eigenvalue weighted by molar-refractivity contribution is 7.94. The first-order valence-corrected chi connectivity index (χ1v) is 20.1. The first-order valence-electron chi connectivity index (χ1n) is 14.8. The summed E-state index contributed by atoms with van der Waals surface area (Å²) >= 11 is 0.402. The average molecular weight is 846 g/mol. The van der Waals surface area contributed by atoms with Gasteiger partial charge in [-0.05, 0) is 30.3 Å². The predicted molar refractivity (Wildman–Crippen MR) is 192 cm³/mol. The number of nitrogens with one attached hydrogen (secondary N) is 3. The van der Waals surface area contributed by atoms with Crippen LogP contribution in [0.1, 0.15) is 5.56 Å². The Kier molecular flexibility index (Phi) is 14.6. The van der Waals surface area contributed by atoms with E-state index < -0.39 is 69.0 Å². The van der Waals surface area contributed by atoms with Gasteiger partial charge in [0.2, 0.25) is 17.7 Å². The summed E-state index contributed by atoms with van der Waals surface area (Å²) in [6.07, 6.45) is -1.30. The van der Waals surface area contributed by atoms with Crippen molar-refractivity contribution in [2.45, 2.75) is 14.7 Å². The van der Waals surface area contributed by atoms with Gasteiger partial charge in [0.05, 0.1) is 41.6 Å². The Hall–Kier alpha value is -5.23. The summed E-state index contributed by atoms with van der Waals surface area (Å²) in [5.74, 6) is -2.22. The fourth-order valence-corrected chi connectivity index (χ4v) is 6.15. The summed E-state index contributed by atoms with van der Waals surface area (Å²) < 4.78 is 115. The molecule has 22 nitrogen and oxygen atoms in total. The molecular weight excluding hydrogens is 818 g/mol. The first kappa shape index (κ1) is 42.5. The Morgan fingerprint density at radius 2 is 1.64 bits per heavy atom. The van der Waals surface area contributed by atoms with Crippen molar-refractivity contribution in [2.24, 2.45) is 15.3 Å². The summed E-state index contributed by atoms with van der Waals surface area (Å²) in [4.78, 5) is 9.43. The Balaban J connectivity index is 1.64. The van der Waals surface area contributed by atoms with E-state index in [2.05, 4.69) is 62.3 Å². The van der Waals surface area contributed by atoms with Gasteiger partial charge in [-0.2, -0.15) is 41.3 Å². The van der Waals surface area contributed by atoms with Crippen LogP contribution in [0.2, 0.25) is 0 Å². The molecule has 0 bridgehead atoms. The first-order chi connectivity index (χ1) is 26.0. The summed E-state index contributed by atoms with van der Waals surface area (Å²) in [6.45, 7) is 3.00. The molecule has 55 heavy (non-hydrogen) atoms. The minimum atomic E-state index is -4.96. The van der Waals surface area contributed by atoms with Crippen LogP contribution in [0.15, 0.2) is 103 Å². The Morgan fingerprint density at radius 3 is 2.31 bits per heavy atom. The maximum Gasteiger partial charge on any atom is 0.315 e. The van der Waals surface area contributed by atoms with E-state index in [4.69, 9.17) is 9.99 Å². The molecule has 0 radical (unpaired) electrons. The summed E-state index contributed by atoms with van der Waals surface area (Å²) in [6, 6.07) is 12.7. The highest BCUT2D eigenvalue weighted by Crippen LogP contribution is 2.37. The van der Waals surface area contributed by atoms with Gasteiger partial charge in [0, 0.05) is 22.4 Å². The van der Waals surface area contributed by atoms with Crippen molar-refractivity contribution in [1.82, 2.24) is 15.0 Å². The lowest BCUT2D eigenvalue weighted by Gasteiger charge is -2.13. The van der Waals surface area contributed by atoms with Crippen LogP contribution in [-0.2, 0) is 44.2 Å². The molecular formula is C28H28FN9O13S4. The second kappa shape index (κ2) is 18.9. The highest BCUT2D eigenvalue weighted by Gasteiger charge is 2.20. The molecule has 0 fully saturated rings. The molecule has 0 aliphatic rings. The number of phenolic OH excluding ortho intramolecular Hbond substituents is 1. The van der Waals surface area contributed by atoms with Crippen LogP contribution in [0.25, 0.3) is 0 Å². The zero-order chi connectivity index (χ0) is 40.2. The molecule has 0 atom stereocenters. The normalized spacial score (nSPS) is 12.5. The van der Waals surface area contributed by atoms with E-state index in [-0.39, 0.29) is 53.4 Å². The van der Waals surface area contributed by atoms with Crippen molar-refractivity contribution >= 4 is 76.9 Å². The third kappa shape index (κ3) is 12.9. The van der Waals surface area contributed by atoms with Crippen molar-refractivity contribution in [3.8, 4) is 5.75 Å². The zero-order valence-electron chi connectivity index (χ0n) is 27.5. The third-order valence-corrected chi connectivity index (χ3v) is 10.0. The number of hydrazone groups is 1. The van der Waals surface area contributed by atoms with Gasteiger partial charge >= 0.3 is 6.08 Å². The SMILES string of the molecule is C=CS(=O)(=O)CCOCCNc1nc(F)nc(Nc2cc(S(=O)(=O)O)cc(NN=C(N=Nc3ccc(SOOO)cc3S(=O)(=O)O)c3ccccc3)c2O)n1. The fraction of sp³-hybridized carbons (Fsp3) is 0.143. The van der Waals surface area contributed by atoms with E-state index in [9.17, 15) is 43.9 Å². The van der Waals surface area contributed by atoms with Gasteiger partial charge in [0.15, 0.2) is 15.6 Å². The molecule has 0 aliphatic carbocycles. The van der Waals surface area contributed by atoms with E-state index in [1.54, 1.807) is 18.2 Å². The standard InChI is InChI=1S/C28H28FN9O13S4/c1-2-53(41,42)13-12-49-11-10-30-27-32-26(29)33-28(34-27)31-21-15-19(54(43,44)45)16-22(24(21)39)36-38-25(17-6-4-3-5-7-17)37-35-20-9-8-18(52-51-50-40)14-23(20)55(46,47)48/h2-9,14-16,36,39-40H,1,10-13H2,(H,43,44,45)(H,46,47,48)(H2,30,31,32,33,34). The van der Waals surface area contributed by atoms with E-state index in [0.29, 0.717) is 12.0 Å². The van der Waals surface area contributed by atoms with Crippen LogP contribution >= 0.6 is 12.0 Å². The van der Waals surface area contributed by atoms with Crippen LogP contribution in [-0.4, -0.2) is 91.0 Å². The monoisotopic (exact) mass is 845 g/mol. The average Bonchev–Trinajstić information content (AvgIpc) is 3.13. The molecule has 1 aromatic heterocycles. The van der Waals surface area contributed by atoms with Gasteiger partial charge in [0.1, 0.15) is 16.3 Å². The van der Waals surface area contributed by atoms with Gasteiger partial charge in [-0.15, -0.1) is 14.6 Å². The number of benzene rings is 3. The summed E-state index contributed by atoms with van der Waals surface area (Å²) in [7, 11) is -13.3. The predicted octanol–water partition coefficient (Wildman–Crippen LogP) is 3.93. The second-order valence-corrected chi connectivity index (χ2v) is 15.9. The molecule has 0 aliphatic heterocycles. The fourth-order valence-electron chi connectivity index (χ4n) is 3.97. The Morgan fingerprint density at radius 1 is 0.927 bits per heavy atom. The van der Waals surface area contributed by atoms with E-state index in [1.807, 2.05) is 0 Å². The van der Waals surface area contributed by atoms with E-state index in [0.717, 1.165) is 29.7 Å². The molecule has 0 spiro atoms. The molecule has 294 valence electrons. The highest BCUT2D eigenvalue weighted by atomic mass is 32.2. The quantitative estimate of drug-likeness (QED) is 0.00809. The molecule has 4 aromatic rings. The van der Waals surface area contributed by atoms with Gasteiger partial charge in [-0.3, -0.25) is 14.5 Å². The second-order valence-electron chi connectivity index (χ2n) is 10.2. The topological polar surface area (TPSA) is 323 Å². The van der Waals surface area contributed by atoms with Crippen molar-refractivity contribution in [2.75, 3.05) is 41.6 Å². The van der Waals surface area contributed by atoms with E-state index >= 15 is 0 Å². The number of sulfone groups is 1. The summed E-state index contributed by atoms with van der Waals surface area (Å²) in [5, 5.41) is 40.7. The molecule has 27 heteroatoms. The van der Waals surface area contributed by atoms with Gasteiger partial charge in [-0.1, -0.05) is 41.9 Å². The number of aromatic nitrogens is 3. The van der Waals surface area contributed by atoms with Crippen LogP contribution < -0.4 is 16.1 Å². The van der Waals surface area contributed by atoms with Crippen LogP contribution in [0.3, 0.4) is 0 Å². The number of hydrogen-bond donors (Lipinski definition) is 7. The molecule has 0 unspecified atom stereocenters. The van der Waals surface area contributed by atoms with Crippen molar-refractivity contribution in [3.05, 3.63) is 84.3 Å². The van der Waals surface area contributed by atoms with Crippen LogP contribution in [0, 0.1) is 6.08 Å². The third-order valence-electron chi connectivity index (χ3n) is 6.47. The molecule has 0 amide bonds. The maximum atomic E-state index is 14.3. The number of phenols is 1. The lowest BCUT2D eigenvalue weighted by molar-refractivity contribution is -0.432. The lowest BCUT2D eigenvalue weighted by atomic mass is 10.2.